The van der Waals surface area contributed by atoms with E-state index in [1.54, 1.807) is 7.05 Å². The quantitative estimate of drug-likeness (QED) is 0.854. The highest BCUT2D eigenvalue weighted by atomic mass is 35.5. The lowest BCUT2D eigenvalue weighted by atomic mass is 10.3. The molecule has 0 fully saturated rings. The van der Waals surface area contributed by atoms with Crippen molar-refractivity contribution in [3.63, 3.8) is 0 Å². The van der Waals surface area contributed by atoms with Gasteiger partial charge >= 0.3 is 0 Å². The van der Waals surface area contributed by atoms with Crippen LogP contribution in [-0.2, 0) is 0 Å². The van der Waals surface area contributed by atoms with Crippen LogP contribution >= 0.6 is 46.1 Å². The van der Waals surface area contributed by atoms with Crippen LogP contribution in [0, 0.1) is 11.3 Å². The van der Waals surface area contributed by atoms with Crippen LogP contribution in [0.15, 0.2) is 0 Å². The van der Waals surface area contributed by atoms with Crippen LogP contribution in [0.4, 0.5) is 0 Å². The SMILES string of the molecule is CN(CCC#N)C(=O)c1sc(Cl)c(Cl)c1Cl. The highest BCUT2D eigenvalue weighted by Gasteiger charge is 2.22. The lowest BCUT2D eigenvalue weighted by molar-refractivity contribution is 0.0803. The van der Waals surface area contributed by atoms with Crippen LogP contribution in [0.25, 0.3) is 0 Å². The maximum Gasteiger partial charge on any atom is 0.265 e. The standard InChI is InChI=1S/C9H7Cl3N2OS/c1-14(4-2-3-13)9(15)7-5(10)6(11)8(12)16-7/h2,4H2,1H3. The molecule has 0 bridgehead atoms. The van der Waals surface area contributed by atoms with E-state index in [1.807, 2.05) is 6.07 Å². The van der Waals surface area contributed by atoms with E-state index in [1.165, 1.54) is 4.90 Å². The average molecular weight is 298 g/mol. The summed E-state index contributed by atoms with van der Waals surface area (Å²) in [5.41, 5.74) is 0. The zero-order chi connectivity index (χ0) is 12.3. The number of halogens is 3. The van der Waals surface area contributed by atoms with E-state index in [0.29, 0.717) is 15.8 Å². The molecule has 0 unspecified atom stereocenters. The fourth-order valence-corrected chi connectivity index (χ4v) is 2.79. The number of thiophene rings is 1. The smallest absolute Gasteiger partial charge is 0.265 e. The minimum Gasteiger partial charge on any atom is -0.340 e. The maximum absolute atomic E-state index is 11.9. The highest BCUT2D eigenvalue weighted by molar-refractivity contribution is 7.19. The fraction of sp³-hybridized carbons (Fsp3) is 0.333. The first-order valence-corrected chi connectivity index (χ1v) is 6.19. The third-order valence-electron chi connectivity index (χ3n) is 1.86. The van der Waals surface area contributed by atoms with E-state index in [4.69, 9.17) is 40.1 Å². The van der Waals surface area contributed by atoms with Gasteiger partial charge in [0.2, 0.25) is 0 Å². The second-order valence-corrected chi connectivity index (χ2v) is 5.35. The summed E-state index contributed by atoms with van der Waals surface area (Å²) >= 11 is 18.4. The van der Waals surface area contributed by atoms with E-state index in [-0.39, 0.29) is 22.4 Å². The number of hydrogen-bond acceptors (Lipinski definition) is 3. The maximum atomic E-state index is 11.9. The summed E-state index contributed by atoms with van der Waals surface area (Å²) in [5.74, 6) is -0.279. The molecule has 0 spiro atoms. The lowest BCUT2D eigenvalue weighted by Crippen LogP contribution is -2.27. The Bertz CT molecular complexity index is 452. The Hall–Kier alpha value is -0.470. The first kappa shape index (κ1) is 13.6. The molecule has 16 heavy (non-hydrogen) atoms. The summed E-state index contributed by atoms with van der Waals surface area (Å²) in [6, 6.07) is 1.96. The van der Waals surface area contributed by atoms with Crippen LogP contribution < -0.4 is 0 Å². The minimum absolute atomic E-state index is 0.172. The number of amides is 1. The summed E-state index contributed by atoms with van der Waals surface area (Å²) in [6.07, 6.45) is 0.271. The molecular weight excluding hydrogens is 291 g/mol. The predicted molar refractivity (Wildman–Crippen MR) is 66.5 cm³/mol. The molecule has 0 saturated carbocycles. The molecular formula is C9H7Cl3N2OS. The molecule has 0 aromatic carbocycles. The predicted octanol–water partition coefficient (Wildman–Crippen LogP) is 3.69. The second-order valence-electron chi connectivity index (χ2n) is 2.97. The Labute approximate surface area is 112 Å². The second kappa shape index (κ2) is 5.74. The van der Waals surface area contributed by atoms with Gasteiger partial charge < -0.3 is 4.90 Å². The monoisotopic (exact) mass is 296 g/mol. The first-order valence-electron chi connectivity index (χ1n) is 4.24. The molecule has 0 aliphatic carbocycles. The molecule has 0 aliphatic heterocycles. The molecule has 1 aromatic heterocycles. The molecule has 0 saturated heterocycles. The van der Waals surface area contributed by atoms with Crippen molar-refractivity contribution in [3.8, 4) is 6.07 Å². The molecule has 1 heterocycles. The van der Waals surface area contributed by atoms with Crippen molar-refractivity contribution in [1.82, 2.24) is 4.90 Å². The third kappa shape index (κ3) is 2.80. The van der Waals surface area contributed by atoms with Crippen molar-refractivity contribution in [3.05, 3.63) is 19.3 Å². The van der Waals surface area contributed by atoms with Gasteiger partial charge in [-0.05, 0) is 0 Å². The number of hydrogen-bond donors (Lipinski definition) is 0. The Morgan fingerprint density at radius 1 is 1.44 bits per heavy atom. The van der Waals surface area contributed by atoms with Crippen molar-refractivity contribution < 1.29 is 4.79 Å². The van der Waals surface area contributed by atoms with E-state index in [2.05, 4.69) is 0 Å². The van der Waals surface area contributed by atoms with Crippen molar-refractivity contribution in [1.29, 1.82) is 5.26 Å². The van der Waals surface area contributed by atoms with Gasteiger partial charge in [0.1, 0.15) is 9.21 Å². The molecule has 1 amide bonds. The van der Waals surface area contributed by atoms with Crippen LogP contribution in [0.5, 0.6) is 0 Å². The van der Waals surface area contributed by atoms with Crippen LogP contribution in [0.2, 0.25) is 14.4 Å². The molecule has 7 heteroatoms. The van der Waals surface area contributed by atoms with Crippen molar-refractivity contribution >= 4 is 52.0 Å². The largest absolute Gasteiger partial charge is 0.340 e. The Kier molecular flexibility index (Phi) is 4.88. The van der Waals surface area contributed by atoms with Crippen LogP contribution in [0.3, 0.4) is 0 Å². The number of carbonyl (C=O) groups excluding carboxylic acids is 1. The van der Waals surface area contributed by atoms with Gasteiger partial charge in [0, 0.05) is 13.6 Å². The Morgan fingerprint density at radius 2 is 2.06 bits per heavy atom. The molecule has 3 nitrogen and oxygen atoms in total. The van der Waals surface area contributed by atoms with Crippen molar-refractivity contribution in [2.75, 3.05) is 13.6 Å². The normalized spacial score (nSPS) is 9.94. The van der Waals surface area contributed by atoms with Gasteiger partial charge in [-0.25, -0.2) is 0 Å². The number of nitrogens with zero attached hydrogens (tertiary/aromatic N) is 2. The summed E-state index contributed by atoms with van der Waals surface area (Å²) in [5, 5.41) is 8.79. The zero-order valence-corrected chi connectivity index (χ0v) is 11.3. The van der Waals surface area contributed by atoms with E-state index >= 15 is 0 Å². The number of nitriles is 1. The molecule has 0 atom stereocenters. The van der Waals surface area contributed by atoms with Gasteiger partial charge in [-0.1, -0.05) is 34.8 Å². The van der Waals surface area contributed by atoms with Gasteiger partial charge in [-0.2, -0.15) is 5.26 Å². The molecule has 0 N–H and O–H groups in total. The van der Waals surface area contributed by atoms with E-state index in [0.717, 1.165) is 11.3 Å². The number of rotatable bonds is 3. The molecule has 0 radical (unpaired) electrons. The summed E-state index contributed by atoms with van der Waals surface area (Å²) in [7, 11) is 1.59. The zero-order valence-electron chi connectivity index (χ0n) is 8.26. The van der Waals surface area contributed by atoms with E-state index < -0.39 is 0 Å². The van der Waals surface area contributed by atoms with Gasteiger partial charge in [-0.15, -0.1) is 11.3 Å². The van der Waals surface area contributed by atoms with Crippen molar-refractivity contribution in [2.45, 2.75) is 6.42 Å². The van der Waals surface area contributed by atoms with E-state index in [9.17, 15) is 4.79 Å². The van der Waals surface area contributed by atoms with Crippen LogP contribution in [-0.4, -0.2) is 24.4 Å². The Morgan fingerprint density at radius 3 is 2.50 bits per heavy atom. The fourth-order valence-electron chi connectivity index (χ4n) is 0.995. The van der Waals surface area contributed by atoms with Gasteiger partial charge in [0.05, 0.1) is 22.5 Å². The molecule has 1 aromatic rings. The molecule has 86 valence electrons. The lowest BCUT2D eigenvalue weighted by Gasteiger charge is -2.14. The average Bonchev–Trinajstić information content (AvgIpc) is 2.52. The summed E-state index contributed by atoms with van der Waals surface area (Å²) in [4.78, 5) is 13.6. The van der Waals surface area contributed by atoms with Gasteiger partial charge in [0.25, 0.3) is 5.91 Å². The Balaban J connectivity index is 2.89. The molecule has 0 aliphatic rings. The molecule has 1 rings (SSSR count). The third-order valence-corrected chi connectivity index (χ3v) is 4.42. The highest BCUT2D eigenvalue weighted by Crippen LogP contribution is 2.40. The van der Waals surface area contributed by atoms with Gasteiger partial charge in [0.15, 0.2) is 0 Å². The first-order chi connectivity index (χ1) is 7.49. The topological polar surface area (TPSA) is 44.1 Å². The summed E-state index contributed by atoms with van der Waals surface area (Å²) < 4.78 is 0.295. The van der Waals surface area contributed by atoms with Gasteiger partial charge in [-0.3, -0.25) is 4.79 Å². The summed E-state index contributed by atoms with van der Waals surface area (Å²) in [6.45, 7) is 0.346. The van der Waals surface area contributed by atoms with Crippen molar-refractivity contribution in [2.24, 2.45) is 0 Å². The van der Waals surface area contributed by atoms with Crippen LogP contribution in [0.1, 0.15) is 16.1 Å². The minimum atomic E-state index is -0.279. The number of carbonyl (C=O) groups is 1.